The number of aromatic nitrogens is 2. The monoisotopic (exact) mass is 350 g/mol. The molecule has 0 radical (unpaired) electrons. The summed E-state index contributed by atoms with van der Waals surface area (Å²) >= 11 is 3.34. The fraction of sp³-hybridized carbons (Fsp3) is 0.375. The van der Waals surface area contributed by atoms with E-state index < -0.39 is 0 Å². The van der Waals surface area contributed by atoms with Gasteiger partial charge >= 0.3 is 0 Å². The van der Waals surface area contributed by atoms with Crippen molar-refractivity contribution in [3.63, 3.8) is 0 Å². The summed E-state index contributed by atoms with van der Waals surface area (Å²) in [6.45, 7) is 6.57. The van der Waals surface area contributed by atoms with Crippen LogP contribution in [0.15, 0.2) is 33.5 Å². The van der Waals surface area contributed by atoms with Crippen molar-refractivity contribution in [2.45, 2.75) is 32.8 Å². The van der Waals surface area contributed by atoms with Gasteiger partial charge in [0.15, 0.2) is 0 Å². The molecule has 21 heavy (non-hydrogen) atoms. The first kappa shape index (κ1) is 15.9. The lowest BCUT2D eigenvalue weighted by atomic mass is 9.92. The van der Waals surface area contributed by atoms with Crippen molar-refractivity contribution in [1.29, 1.82) is 0 Å². The van der Waals surface area contributed by atoms with E-state index in [-0.39, 0.29) is 11.0 Å². The third-order valence-corrected chi connectivity index (χ3v) is 3.88. The molecule has 1 N–H and O–H groups in total. The summed E-state index contributed by atoms with van der Waals surface area (Å²) in [7, 11) is 1.65. The number of ether oxygens (including phenoxy) is 1. The van der Waals surface area contributed by atoms with Crippen LogP contribution >= 0.6 is 15.9 Å². The molecule has 0 aliphatic rings. The van der Waals surface area contributed by atoms with E-state index in [2.05, 4.69) is 25.9 Å². The van der Waals surface area contributed by atoms with Crippen LogP contribution < -0.4 is 5.56 Å². The van der Waals surface area contributed by atoms with E-state index in [0.717, 1.165) is 16.8 Å². The number of benzene rings is 1. The van der Waals surface area contributed by atoms with Crippen molar-refractivity contribution in [2.24, 2.45) is 0 Å². The standard InChI is InChI=1S/C16H19BrN2O2/c1-16(2,3)13-12(17)15(20)19-14(18-13)11-8-6-5-7-10(11)9-21-4/h5-8H,9H2,1-4H3,(H,18,19,20). The summed E-state index contributed by atoms with van der Waals surface area (Å²) in [6, 6.07) is 7.78. The molecule has 0 amide bonds. The molecule has 2 rings (SSSR count). The molecular formula is C16H19BrN2O2. The van der Waals surface area contributed by atoms with Crippen LogP contribution in [0.3, 0.4) is 0 Å². The second-order valence-electron chi connectivity index (χ2n) is 5.92. The number of methoxy groups -OCH3 is 1. The van der Waals surface area contributed by atoms with E-state index in [1.807, 2.05) is 45.0 Å². The molecule has 0 saturated heterocycles. The van der Waals surface area contributed by atoms with Gasteiger partial charge in [0.25, 0.3) is 5.56 Å². The Morgan fingerprint density at radius 1 is 1.29 bits per heavy atom. The van der Waals surface area contributed by atoms with Gasteiger partial charge in [-0.05, 0) is 21.5 Å². The van der Waals surface area contributed by atoms with E-state index in [0.29, 0.717) is 16.9 Å². The first-order valence-corrected chi connectivity index (χ1v) is 7.51. The molecule has 1 aromatic heterocycles. The number of hydrogen-bond acceptors (Lipinski definition) is 3. The summed E-state index contributed by atoms with van der Waals surface area (Å²) < 4.78 is 5.70. The molecule has 0 bridgehead atoms. The minimum absolute atomic E-state index is 0.169. The average Bonchev–Trinajstić information content (AvgIpc) is 2.41. The highest BCUT2D eigenvalue weighted by molar-refractivity contribution is 9.10. The van der Waals surface area contributed by atoms with Crippen LogP contribution in [0.1, 0.15) is 32.0 Å². The zero-order valence-electron chi connectivity index (χ0n) is 12.7. The van der Waals surface area contributed by atoms with Gasteiger partial charge in [0.05, 0.1) is 12.3 Å². The maximum Gasteiger partial charge on any atom is 0.265 e. The predicted molar refractivity (Wildman–Crippen MR) is 87.4 cm³/mol. The molecular weight excluding hydrogens is 332 g/mol. The zero-order valence-corrected chi connectivity index (χ0v) is 14.2. The Balaban J connectivity index is 2.66. The second kappa shape index (κ2) is 6.12. The van der Waals surface area contributed by atoms with Crippen LogP contribution in [0.25, 0.3) is 11.4 Å². The highest BCUT2D eigenvalue weighted by Gasteiger charge is 2.22. The molecule has 4 nitrogen and oxygen atoms in total. The van der Waals surface area contributed by atoms with Gasteiger partial charge < -0.3 is 9.72 Å². The third kappa shape index (κ3) is 3.41. The lowest BCUT2D eigenvalue weighted by Crippen LogP contribution is -2.22. The maximum absolute atomic E-state index is 12.2. The minimum atomic E-state index is -0.224. The molecule has 0 aliphatic heterocycles. The Morgan fingerprint density at radius 3 is 2.57 bits per heavy atom. The molecule has 5 heteroatoms. The van der Waals surface area contributed by atoms with Crippen molar-refractivity contribution < 1.29 is 4.74 Å². The summed E-state index contributed by atoms with van der Waals surface area (Å²) in [5, 5.41) is 0. The summed E-state index contributed by atoms with van der Waals surface area (Å²) in [6.07, 6.45) is 0. The molecule has 0 spiro atoms. The number of rotatable bonds is 3. The first-order valence-electron chi connectivity index (χ1n) is 6.72. The van der Waals surface area contributed by atoms with Crippen LogP contribution in [0.4, 0.5) is 0 Å². The number of nitrogens with one attached hydrogen (secondary N) is 1. The molecule has 0 atom stereocenters. The number of hydrogen-bond donors (Lipinski definition) is 1. The Morgan fingerprint density at radius 2 is 1.95 bits per heavy atom. The molecule has 2 aromatic rings. The van der Waals surface area contributed by atoms with E-state index in [1.165, 1.54) is 0 Å². The van der Waals surface area contributed by atoms with Crippen LogP contribution in [0, 0.1) is 0 Å². The van der Waals surface area contributed by atoms with Crippen LogP contribution in [0.2, 0.25) is 0 Å². The second-order valence-corrected chi connectivity index (χ2v) is 6.71. The Kier molecular flexibility index (Phi) is 4.64. The molecule has 1 heterocycles. The van der Waals surface area contributed by atoms with E-state index in [1.54, 1.807) is 7.11 Å². The maximum atomic E-state index is 12.2. The van der Waals surface area contributed by atoms with Crippen molar-refractivity contribution in [3.05, 3.63) is 50.3 Å². The van der Waals surface area contributed by atoms with Gasteiger partial charge in [-0.15, -0.1) is 0 Å². The van der Waals surface area contributed by atoms with Crippen molar-refractivity contribution >= 4 is 15.9 Å². The SMILES string of the molecule is COCc1ccccc1-c1nc(C(C)(C)C)c(Br)c(=O)[nH]1. The van der Waals surface area contributed by atoms with Crippen molar-refractivity contribution in [1.82, 2.24) is 9.97 Å². The Bertz CT molecular complexity index is 702. The number of halogens is 1. The first-order chi connectivity index (χ1) is 9.84. The van der Waals surface area contributed by atoms with Gasteiger partial charge in [0.2, 0.25) is 0 Å². The number of H-pyrrole nitrogens is 1. The van der Waals surface area contributed by atoms with E-state index >= 15 is 0 Å². The minimum Gasteiger partial charge on any atom is -0.380 e. The molecule has 0 fully saturated rings. The van der Waals surface area contributed by atoms with Gasteiger partial charge in [-0.1, -0.05) is 45.0 Å². The topological polar surface area (TPSA) is 55.0 Å². The largest absolute Gasteiger partial charge is 0.380 e. The molecule has 1 aromatic carbocycles. The van der Waals surface area contributed by atoms with Gasteiger partial charge in [0, 0.05) is 18.1 Å². The average molecular weight is 351 g/mol. The van der Waals surface area contributed by atoms with Crippen LogP contribution in [-0.2, 0) is 16.8 Å². The summed E-state index contributed by atoms with van der Waals surface area (Å²) in [4.78, 5) is 19.7. The number of aromatic amines is 1. The van der Waals surface area contributed by atoms with Crippen molar-refractivity contribution in [2.75, 3.05) is 7.11 Å². The fourth-order valence-electron chi connectivity index (χ4n) is 2.12. The molecule has 112 valence electrons. The van der Waals surface area contributed by atoms with Gasteiger partial charge in [-0.3, -0.25) is 4.79 Å². The Hall–Kier alpha value is -1.46. The van der Waals surface area contributed by atoms with Gasteiger partial charge in [0.1, 0.15) is 10.3 Å². The lowest BCUT2D eigenvalue weighted by Gasteiger charge is -2.20. The summed E-state index contributed by atoms with van der Waals surface area (Å²) in [5.74, 6) is 0.570. The quantitative estimate of drug-likeness (QED) is 0.919. The fourth-order valence-corrected chi connectivity index (χ4v) is 2.90. The third-order valence-electron chi connectivity index (χ3n) is 3.15. The Labute approximate surface area is 132 Å². The van der Waals surface area contributed by atoms with Gasteiger partial charge in [-0.2, -0.15) is 0 Å². The smallest absolute Gasteiger partial charge is 0.265 e. The molecule has 0 saturated carbocycles. The van der Waals surface area contributed by atoms with Crippen LogP contribution in [-0.4, -0.2) is 17.1 Å². The van der Waals surface area contributed by atoms with Gasteiger partial charge in [-0.25, -0.2) is 4.98 Å². The zero-order chi connectivity index (χ0) is 15.6. The van der Waals surface area contributed by atoms with Crippen LogP contribution in [0.5, 0.6) is 0 Å². The van der Waals surface area contributed by atoms with Crippen molar-refractivity contribution in [3.8, 4) is 11.4 Å². The molecule has 0 unspecified atom stereocenters. The lowest BCUT2D eigenvalue weighted by molar-refractivity contribution is 0.185. The highest BCUT2D eigenvalue weighted by Crippen LogP contribution is 2.28. The summed E-state index contributed by atoms with van der Waals surface area (Å²) in [5.41, 5.74) is 2.23. The number of nitrogens with zero attached hydrogens (tertiary/aromatic N) is 1. The van der Waals surface area contributed by atoms with E-state index in [9.17, 15) is 4.79 Å². The molecule has 0 aliphatic carbocycles. The normalized spacial score (nSPS) is 11.7. The van der Waals surface area contributed by atoms with E-state index in [4.69, 9.17) is 4.74 Å². The highest BCUT2D eigenvalue weighted by atomic mass is 79.9. The predicted octanol–water partition coefficient (Wildman–Crippen LogP) is 3.64.